The summed E-state index contributed by atoms with van der Waals surface area (Å²) in [5.41, 5.74) is 5.97. The first kappa shape index (κ1) is 14.3. The van der Waals surface area contributed by atoms with Gasteiger partial charge in [0.15, 0.2) is 0 Å². The van der Waals surface area contributed by atoms with E-state index in [1.54, 1.807) is 12.1 Å². The Hall–Kier alpha value is -1.27. The fourth-order valence-corrected chi connectivity index (χ4v) is 4.39. The van der Waals surface area contributed by atoms with Crippen molar-refractivity contribution in [2.24, 2.45) is 16.6 Å². The van der Waals surface area contributed by atoms with E-state index in [9.17, 15) is 0 Å². The number of hydroxylamine groups is 2. The van der Waals surface area contributed by atoms with Crippen LogP contribution in [0, 0.1) is 5.92 Å². The lowest BCUT2D eigenvalue weighted by atomic mass is 9.83. The molecule has 3 unspecified atom stereocenters. The Morgan fingerprint density at radius 1 is 1.45 bits per heavy atom. The van der Waals surface area contributed by atoms with Gasteiger partial charge in [0.25, 0.3) is 0 Å². The van der Waals surface area contributed by atoms with Gasteiger partial charge in [0.1, 0.15) is 11.4 Å². The maximum Gasteiger partial charge on any atom is 0.222 e. The summed E-state index contributed by atoms with van der Waals surface area (Å²) in [4.78, 5) is 10.8. The molecule has 5 nitrogen and oxygen atoms in total. The zero-order valence-corrected chi connectivity index (χ0v) is 14.4. The number of rotatable bonds is 0. The normalized spacial score (nSPS) is 36.6. The Balaban J connectivity index is 1.85. The Labute approximate surface area is 138 Å². The van der Waals surface area contributed by atoms with Crippen LogP contribution in [0.1, 0.15) is 38.2 Å². The van der Waals surface area contributed by atoms with Crippen molar-refractivity contribution in [2.45, 2.75) is 43.9 Å². The molecule has 2 heterocycles. The second-order valence-corrected chi connectivity index (χ2v) is 7.71. The van der Waals surface area contributed by atoms with Crippen LogP contribution in [0.3, 0.4) is 0 Å². The van der Waals surface area contributed by atoms with Crippen LogP contribution in [0.15, 0.2) is 27.7 Å². The number of fused-ring (bicyclic) bond motifs is 2. The molecular formula is C16H20BrN3O2. The SMILES string of the molecule is CC1CCC2(C1)CC1(N=C(N)N(C)O1)c1cc(Br)ccc1O2. The quantitative estimate of drug-likeness (QED) is 0.767. The summed E-state index contributed by atoms with van der Waals surface area (Å²) < 4.78 is 7.42. The number of guanidine groups is 1. The van der Waals surface area contributed by atoms with Gasteiger partial charge in [0.05, 0.1) is 5.56 Å². The highest BCUT2D eigenvalue weighted by atomic mass is 79.9. The summed E-state index contributed by atoms with van der Waals surface area (Å²) in [5.74, 6) is 1.93. The van der Waals surface area contributed by atoms with E-state index in [1.807, 2.05) is 18.2 Å². The maximum atomic E-state index is 6.43. The lowest BCUT2D eigenvalue weighted by Crippen LogP contribution is -2.47. The predicted molar refractivity (Wildman–Crippen MR) is 87.3 cm³/mol. The van der Waals surface area contributed by atoms with Crippen LogP contribution in [0.25, 0.3) is 0 Å². The molecule has 0 radical (unpaired) electrons. The topological polar surface area (TPSA) is 60.1 Å². The van der Waals surface area contributed by atoms with Gasteiger partial charge in [0, 0.05) is 17.9 Å². The van der Waals surface area contributed by atoms with Gasteiger partial charge in [0.2, 0.25) is 11.7 Å². The number of benzene rings is 1. The molecule has 0 saturated heterocycles. The van der Waals surface area contributed by atoms with Crippen LogP contribution in [-0.2, 0) is 10.6 Å². The number of nitrogens with two attached hydrogens (primary N) is 1. The summed E-state index contributed by atoms with van der Waals surface area (Å²) in [6, 6.07) is 6.02. The van der Waals surface area contributed by atoms with Gasteiger partial charge < -0.3 is 10.5 Å². The van der Waals surface area contributed by atoms with Crippen molar-refractivity contribution < 1.29 is 9.57 Å². The van der Waals surface area contributed by atoms with Crippen molar-refractivity contribution in [1.82, 2.24) is 5.06 Å². The molecule has 118 valence electrons. The molecule has 0 bridgehead atoms. The minimum absolute atomic E-state index is 0.199. The number of halogens is 1. The zero-order valence-electron chi connectivity index (χ0n) is 12.8. The predicted octanol–water partition coefficient (Wildman–Crippen LogP) is 3.13. The van der Waals surface area contributed by atoms with Crippen LogP contribution in [0.5, 0.6) is 5.75 Å². The summed E-state index contributed by atoms with van der Waals surface area (Å²) in [7, 11) is 1.80. The third-order valence-corrected chi connectivity index (χ3v) is 5.46. The number of ether oxygens (including phenoxy) is 1. The molecule has 22 heavy (non-hydrogen) atoms. The maximum absolute atomic E-state index is 6.43. The van der Waals surface area contributed by atoms with Crippen LogP contribution in [0.4, 0.5) is 0 Å². The summed E-state index contributed by atoms with van der Waals surface area (Å²) in [6.45, 7) is 2.28. The summed E-state index contributed by atoms with van der Waals surface area (Å²) >= 11 is 3.53. The fraction of sp³-hybridized carbons (Fsp3) is 0.562. The summed E-state index contributed by atoms with van der Waals surface area (Å²) in [5, 5.41) is 1.56. The standard InChI is InChI=1S/C16H20BrN3O2/c1-10-5-6-15(8-10)9-16(19-14(18)20(2)22-16)12-7-11(17)3-4-13(12)21-15/h3-4,7,10H,5-6,8-9H2,1-2H3,(H2,18,19). The minimum atomic E-state index is -0.764. The smallest absolute Gasteiger partial charge is 0.222 e. The first-order valence-electron chi connectivity index (χ1n) is 7.69. The molecule has 6 heteroatoms. The van der Waals surface area contributed by atoms with Crippen molar-refractivity contribution in [3.05, 3.63) is 28.2 Å². The third kappa shape index (κ3) is 2.04. The second kappa shape index (κ2) is 4.61. The van der Waals surface area contributed by atoms with Gasteiger partial charge in [-0.2, -0.15) is 0 Å². The van der Waals surface area contributed by atoms with Crippen molar-refractivity contribution >= 4 is 21.9 Å². The van der Waals surface area contributed by atoms with Gasteiger partial charge in [-0.1, -0.05) is 22.9 Å². The van der Waals surface area contributed by atoms with Gasteiger partial charge in [-0.25, -0.2) is 14.9 Å². The van der Waals surface area contributed by atoms with E-state index in [1.165, 1.54) is 6.42 Å². The number of aliphatic imine (C=N–C) groups is 1. The number of hydrogen-bond donors (Lipinski definition) is 1. The molecule has 1 fully saturated rings. The first-order valence-corrected chi connectivity index (χ1v) is 8.48. The van der Waals surface area contributed by atoms with E-state index in [4.69, 9.17) is 15.3 Å². The molecule has 1 aromatic rings. The van der Waals surface area contributed by atoms with E-state index in [-0.39, 0.29) is 5.60 Å². The Morgan fingerprint density at radius 3 is 2.91 bits per heavy atom. The minimum Gasteiger partial charge on any atom is -0.487 e. The van der Waals surface area contributed by atoms with Gasteiger partial charge in [-0.05, 0) is 43.4 Å². The average molecular weight is 366 g/mol. The molecular weight excluding hydrogens is 346 g/mol. The van der Waals surface area contributed by atoms with Crippen molar-refractivity contribution in [2.75, 3.05) is 7.05 Å². The fourth-order valence-electron chi connectivity index (χ4n) is 4.03. The van der Waals surface area contributed by atoms with E-state index in [2.05, 4.69) is 27.8 Å². The lowest BCUT2D eigenvalue weighted by molar-refractivity contribution is -0.203. The largest absolute Gasteiger partial charge is 0.487 e. The molecule has 3 aliphatic rings. The Bertz CT molecular complexity index is 665. The van der Waals surface area contributed by atoms with Gasteiger partial charge >= 0.3 is 0 Å². The highest BCUT2D eigenvalue weighted by molar-refractivity contribution is 9.10. The van der Waals surface area contributed by atoms with Crippen LogP contribution < -0.4 is 10.5 Å². The number of hydrogen-bond acceptors (Lipinski definition) is 5. The molecule has 1 aromatic carbocycles. The van der Waals surface area contributed by atoms with Crippen LogP contribution in [-0.4, -0.2) is 23.7 Å². The highest BCUT2D eigenvalue weighted by Crippen LogP contribution is 2.54. The van der Waals surface area contributed by atoms with Crippen molar-refractivity contribution in [1.29, 1.82) is 0 Å². The average Bonchev–Trinajstić information content (AvgIpc) is 2.93. The molecule has 2 spiro atoms. The molecule has 2 N–H and O–H groups in total. The number of nitrogens with zero attached hydrogens (tertiary/aromatic N) is 2. The molecule has 1 saturated carbocycles. The second-order valence-electron chi connectivity index (χ2n) is 6.79. The Kier molecular flexibility index (Phi) is 3.01. The monoisotopic (exact) mass is 365 g/mol. The third-order valence-electron chi connectivity index (χ3n) is 4.97. The van der Waals surface area contributed by atoms with E-state index >= 15 is 0 Å². The van der Waals surface area contributed by atoms with E-state index < -0.39 is 5.72 Å². The lowest BCUT2D eigenvalue weighted by Gasteiger charge is -2.43. The molecule has 1 aliphatic carbocycles. The van der Waals surface area contributed by atoms with E-state index in [0.29, 0.717) is 18.3 Å². The van der Waals surface area contributed by atoms with Crippen molar-refractivity contribution in [3.63, 3.8) is 0 Å². The van der Waals surface area contributed by atoms with Gasteiger partial charge in [-0.15, -0.1) is 0 Å². The molecule has 0 aromatic heterocycles. The zero-order chi connectivity index (χ0) is 15.5. The van der Waals surface area contributed by atoms with Crippen LogP contribution >= 0.6 is 15.9 Å². The molecule has 4 rings (SSSR count). The molecule has 2 aliphatic heterocycles. The Morgan fingerprint density at radius 2 is 2.27 bits per heavy atom. The van der Waals surface area contributed by atoms with Crippen molar-refractivity contribution in [3.8, 4) is 5.75 Å². The van der Waals surface area contributed by atoms with Gasteiger partial charge in [-0.3, -0.25) is 0 Å². The molecule has 3 atom stereocenters. The highest BCUT2D eigenvalue weighted by Gasteiger charge is 2.56. The first-order chi connectivity index (χ1) is 10.4. The van der Waals surface area contributed by atoms with Crippen LogP contribution in [0.2, 0.25) is 0 Å². The van der Waals surface area contributed by atoms with E-state index in [0.717, 1.165) is 28.6 Å². The molecule has 0 amide bonds. The summed E-state index contributed by atoms with van der Waals surface area (Å²) in [6.07, 6.45) is 3.95.